The topological polar surface area (TPSA) is 23.6 Å². The maximum Gasteiger partial charge on any atom is 0.320 e. The van der Waals surface area contributed by atoms with E-state index in [1.54, 1.807) is 0 Å². The predicted octanol–water partition coefficient (Wildman–Crippen LogP) is 3.64. The Kier molecular flexibility index (Phi) is 4.90. The minimum Gasteiger partial charge on any atom is -0.320 e. The van der Waals surface area contributed by atoms with E-state index in [1.165, 1.54) is 44.9 Å². The number of unbranched alkanes of at least 4 members (excludes halogenated alkanes) is 2. The van der Waals surface area contributed by atoms with E-state index in [2.05, 4.69) is 23.6 Å². The summed E-state index contributed by atoms with van der Waals surface area (Å²) in [5.74, 6) is 0. The smallest absolute Gasteiger partial charge is 0.320 e. The highest BCUT2D eigenvalue weighted by atomic mass is 16.2. The monoisotopic (exact) mass is 252 g/mol. The molecule has 2 amide bonds. The van der Waals surface area contributed by atoms with Gasteiger partial charge < -0.3 is 9.80 Å². The second kappa shape index (κ2) is 6.44. The Hall–Kier alpha value is -0.730. The van der Waals surface area contributed by atoms with Crippen molar-refractivity contribution in [2.45, 2.75) is 77.3 Å². The molecule has 2 aliphatic rings. The predicted molar refractivity (Wildman–Crippen MR) is 74.7 cm³/mol. The molecule has 1 unspecified atom stereocenters. The number of carbonyl (C=O) groups excluding carboxylic acids is 1. The molecule has 3 nitrogen and oxygen atoms in total. The van der Waals surface area contributed by atoms with Crippen molar-refractivity contribution in [1.82, 2.24) is 9.80 Å². The summed E-state index contributed by atoms with van der Waals surface area (Å²) >= 11 is 0. The highest BCUT2D eigenvalue weighted by Crippen LogP contribution is 2.27. The second-order valence-corrected chi connectivity index (χ2v) is 5.95. The van der Waals surface area contributed by atoms with Gasteiger partial charge in [0.2, 0.25) is 0 Å². The Labute approximate surface area is 112 Å². The Morgan fingerprint density at radius 3 is 2.61 bits per heavy atom. The first-order chi connectivity index (χ1) is 8.74. The van der Waals surface area contributed by atoms with Gasteiger partial charge in [-0.25, -0.2) is 4.79 Å². The molecule has 0 aromatic carbocycles. The van der Waals surface area contributed by atoms with Crippen LogP contribution in [0.4, 0.5) is 4.79 Å². The molecule has 0 aromatic rings. The summed E-state index contributed by atoms with van der Waals surface area (Å²) < 4.78 is 0. The molecule has 1 atom stereocenters. The number of urea groups is 1. The summed E-state index contributed by atoms with van der Waals surface area (Å²) in [6.07, 6.45) is 10.0. The van der Waals surface area contributed by atoms with Crippen molar-refractivity contribution in [3.8, 4) is 0 Å². The van der Waals surface area contributed by atoms with Gasteiger partial charge in [-0.3, -0.25) is 0 Å². The fraction of sp³-hybridized carbons (Fsp3) is 0.933. The molecule has 1 saturated carbocycles. The standard InChI is InChI=1S/C15H28N2O/c1-3-4-5-8-13(2)16-11-12-17(15(16)18)14-9-6-7-10-14/h13-14H,3-12H2,1-2H3. The molecule has 0 radical (unpaired) electrons. The molecule has 0 aromatic heterocycles. The third-order valence-electron chi connectivity index (χ3n) is 4.60. The molecule has 0 spiro atoms. The zero-order valence-electron chi connectivity index (χ0n) is 12.0. The van der Waals surface area contributed by atoms with Crippen LogP contribution in [0.25, 0.3) is 0 Å². The van der Waals surface area contributed by atoms with Gasteiger partial charge in [0.05, 0.1) is 0 Å². The fourth-order valence-electron chi connectivity index (χ4n) is 3.38. The molecular weight excluding hydrogens is 224 g/mol. The quantitative estimate of drug-likeness (QED) is 0.662. The highest BCUT2D eigenvalue weighted by molar-refractivity contribution is 5.77. The zero-order valence-corrected chi connectivity index (χ0v) is 12.0. The lowest BCUT2D eigenvalue weighted by Crippen LogP contribution is -2.41. The molecule has 3 heteroatoms. The highest BCUT2D eigenvalue weighted by Gasteiger charge is 2.36. The van der Waals surface area contributed by atoms with Crippen molar-refractivity contribution in [3.05, 3.63) is 0 Å². The molecule has 1 aliphatic carbocycles. The summed E-state index contributed by atoms with van der Waals surface area (Å²) in [5, 5.41) is 0. The van der Waals surface area contributed by atoms with Crippen LogP contribution >= 0.6 is 0 Å². The lowest BCUT2D eigenvalue weighted by molar-refractivity contribution is 0.165. The fourth-order valence-corrected chi connectivity index (χ4v) is 3.38. The van der Waals surface area contributed by atoms with E-state index >= 15 is 0 Å². The molecule has 1 aliphatic heterocycles. The van der Waals surface area contributed by atoms with Crippen molar-refractivity contribution in [3.63, 3.8) is 0 Å². The van der Waals surface area contributed by atoms with E-state index in [1.807, 2.05) is 0 Å². The van der Waals surface area contributed by atoms with E-state index < -0.39 is 0 Å². The molecule has 1 saturated heterocycles. The SMILES string of the molecule is CCCCCC(C)N1CCN(C2CCCC2)C1=O. The van der Waals surface area contributed by atoms with Gasteiger partial charge >= 0.3 is 6.03 Å². The molecule has 2 fully saturated rings. The van der Waals surface area contributed by atoms with Crippen LogP contribution in [-0.2, 0) is 0 Å². The van der Waals surface area contributed by atoms with Crippen LogP contribution in [-0.4, -0.2) is 41.0 Å². The summed E-state index contributed by atoms with van der Waals surface area (Å²) in [7, 11) is 0. The van der Waals surface area contributed by atoms with E-state index in [9.17, 15) is 4.79 Å². The Morgan fingerprint density at radius 2 is 1.94 bits per heavy atom. The van der Waals surface area contributed by atoms with E-state index in [0.717, 1.165) is 19.5 Å². The Morgan fingerprint density at radius 1 is 1.22 bits per heavy atom. The van der Waals surface area contributed by atoms with Gasteiger partial charge in [-0.1, -0.05) is 39.0 Å². The largest absolute Gasteiger partial charge is 0.320 e. The lowest BCUT2D eigenvalue weighted by atomic mass is 10.1. The minimum atomic E-state index is 0.311. The van der Waals surface area contributed by atoms with Crippen LogP contribution in [0, 0.1) is 0 Å². The number of rotatable bonds is 6. The second-order valence-electron chi connectivity index (χ2n) is 5.95. The maximum atomic E-state index is 12.4. The zero-order chi connectivity index (χ0) is 13.0. The van der Waals surface area contributed by atoms with Crippen LogP contribution in [0.1, 0.15) is 65.2 Å². The minimum absolute atomic E-state index is 0.311. The molecular formula is C15H28N2O. The van der Waals surface area contributed by atoms with Crippen molar-refractivity contribution < 1.29 is 4.79 Å². The number of nitrogens with zero attached hydrogens (tertiary/aromatic N) is 2. The number of hydrogen-bond acceptors (Lipinski definition) is 1. The third-order valence-corrected chi connectivity index (χ3v) is 4.60. The molecule has 0 N–H and O–H groups in total. The average molecular weight is 252 g/mol. The summed E-state index contributed by atoms with van der Waals surface area (Å²) in [6, 6.07) is 1.28. The molecule has 18 heavy (non-hydrogen) atoms. The van der Waals surface area contributed by atoms with Crippen LogP contribution in [0.5, 0.6) is 0 Å². The van der Waals surface area contributed by atoms with Crippen molar-refractivity contribution in [2.75, 3.05) is 13.1 Å². The normalized spacial score (nSPS) is 23.1. The third kappa shape index (κ3) is 2.99. The number of carbonyl (C=O) groups is 1. The van der Waals surface area contributed by atoms with Crippen molar-refractivity contribution >= 4 is 6.03 Å². The van der Waals surface area contributed by atoms with Crippen LogP contribution in [0.15, 0.2) is 0 Å². The van der Waals surface area contributed by atoms with Gasteiger partial charge in [0.1, 0.15) is 0 Å². The van der Waals surface area contributed by atoms with E-state index in [0.29, 0.717) is 18.1 Å². The summed E-state index contributed by atoms with van der Waals surface area (Å²) in [5.41, 5.74) is 0. The number of hydrogen-bond donors (Lipinski definition) is 0. The molecule has 104 valence electrons. The van der Waals surface area contributed by atoms with Gasteiger partial charge in [-0.05, 0) is 26.2 Å². The summed E-state index contributed by atoms with van der Waals surface area (Å²) in [4.78, 5) is 16.7. The van der Waals surface area contributed by atoms with Gasteiger partial charge in [-0.15, -0.1) is 0 Å². The first kappa shape index (κ1) is 13.7. The molecule has 1 heterocycles. The van der Waals surface area contributed by atoms with Gasteiger partial charge in [0, 0.05) is 25.2 Å². The Balaban J connectivity index is 1.82. The van der Waals surface area contributed by atoms with Crippen LogP contribution in [0.3, 0.4) is 0 Å². The molecule has 2 rings (SSSR count). The van der Waals surface area contributed by atoms with Crippen LogP contribution < -0.4 is 0 Å². The first-order valence-corrected chi connectivity index (χ1v) is 7.81. The lowest BCUT2D eigenvalue weighted by Gasteiger charge is -2.27. The van der Waals surface area contributed by atoms with Gasteiger partial charge in [-0.2, -0.15) is 0 Å². The van der Waals surface area contributed by atoms with E-state index in [-0.39, 0.29) is 0 Å². The van der Waals surface area contributed by atoms with Gasteiger partial charge in [0.15, 0.2) is 0 Å². The van der Waals surface area contributed by atoms with Crippen molar-refractivity contribution in [2.24, 2.45) is 0 Å². The van der Waals surface area contributed by atoms with E-state index in [4.69, 9.17) is 0 Å². The number of amides is 2. The van der Waals surface area contributed by atoms with Gasteiger partial charge in [0.25, 0.3) is 0 Å². The Bertz CT molecular complexity index is 274. The maximum absolute atomic E-state index is 12.4. The van der Waals surface area contributed by atoms with Crippen LogP contribution in [0.2, 0.25) is 0 Å². The first-order valence-electron chi connectivity index (χ1n) is 7.81. The summed E-state index contributed by atoms with van der Waals surface area (Å²) in [6.45, 7) is 6.35. The average Bonchev–Trinajstić information content (AvgIpc) is 2.98. The molecule has 0 bridgehead atoms. The van der Waals surface area contributed by atoms with Crippen molar-refractivity contribution in [1.29, 1.82) is 0 Å².